The van der Waals surface area contributed by atoms with Gasteiger partial charge < -0.3 is 9.64 Å². The molecule has 1 atom stereocenters. The number of esters is 1. The number of hydrogen-bond acceptors (Lipinski definition) is 5. The fraction of sp³-hybridized carbons (Fsp3) is 0.391. The van der Waals surface area contributed by atoms with Gasteiger partial charge in [-0.25, -0.2) is 9.50 Å². The van der Waals surface area contributed by atoms with Gasteiger partial charge >= 0.3 is 5.97 Å². The number of likely N-dealkylation sites (tertiary alicyclic amines) is 1. The molecular weight excluding hydrogens is 380 g/mol. The molecule has 7 nitrogen and oxygen atoms in total. The molecule has 4 rings (SSSR count). The van der Waals surface area contributed by atoms with Crippen LogP contribution in [0.3, 0.4) is 0 Å². The van der Waals surface area contributed by atoms with Gasteiger partial charge in [0, 0.05) is 24.8 Å². The predicted octanol–water partition coefficient (Wildman–Crippen LogP) is 3.43. The first kappa shape index (κ1) is 20.1. The minimum atomic E-state index is -0.274. The fourth-order valence-corrected chi connectivity index (χ4v) is 3.95. The summed E-state index contributed by atoms with van der Waals surface area (Å²) in [6, 6.07) is 8.14. The minimum absolute atomic E-state index is 0.149. The summed E-state index contributed by atoms with van der Waals surface area (Å²) in [4.78, 5) is 31.5. The number of amides is 1. The Morgan fingerprint density at radius 2 is 2.03 bits per heavy atom. The number of aryl methyl sites for hydroxylation is 2. The molecule has 0 saturated carbocycles. The molecule has 0 bridgehead atoms. The first-order chi connectivity index (χ1) is 14.5. The van der Waals surface area contributed by atoms with E-state index in [2.05, 4.69) is 42.1 Å². The maximum absolute atomic E-state index is 13.2. The van der Waals surface area contributed by atoms with Gasteiger partial charge in [0.05, 0.1) is 24.4 Å². The van der Waals surface area contributed by atoms with Crippen LogP contribution in [0.2, 0.25) is 0 Å². The third kappa shape index (κ3) is 3.67. The highest BCUT2D eigenvalue weighted by Gasteiger charge is 2.31. The average Bonchev–Trinajstić information content (AvgIpc) is 3.19. The molecule has 30 heavy (non-hydrogen) atoms. The summed E-state index contributed by atoms with van der Waals surface area (Å²) in [5.74, 6) is -0.655. The van der Waals surface area contributed by atoms with Crippen LogP contribution in [0.5, 0.6) is 0 Å². The largest absolute Gasteiger partial charge is 0.466 e. The molecule has 1 fully saturated rings. The van der Waals surface area contributed by atoms with E-state index in [-0.39, 0.29) is 17.8 Å². The van der Waals surface area contributed by atoms with Crippen molar-refractivity contribution in [1.82, 2.24) is 19.5 Å². The maximum Gasteiger partial charge on any atom is 0.310 e. The van der Waals surface area contributed by atoms with Crippen LogP contribution in [-0.4, -0.2) is 51.1 Å². The molecule has 3 heterocycles. The molecule has 2 aromatic heterocycles. The molecular formula is C23H26N4O3. The van der Waals surface area contributed by atoms with E-state index in [1.54, 1.807) is 28.7 Å². The molecule has 0 aliphatic carbocycles. The Morgan fingerprint density at radius 1 is 1.20 bits per heavy atom. The van der Waals surface area contributed by atoms with E-state index in [0.29, 0.717) is 30.9 Å². The van der Waals surface area contributed by atoms with E-state index < -0.39 is 0 Å². The van der Waals surface area contributed by atoms with Crippen LogP contribution >= 0.6 is 0 Å². The smallest absolute Gasteiger partial charge is 0.310 e. The van der Waals surface area contributed by atoms with Crippen molar-refractivity contribution in [3.63, 3.8) is 0 Å². The number of carbonyl (C=O) groups excluding carboxylic acids is 2. The highest BCUT2D eigenvalue weighted by Crippen LogP contribution is 2.25. The van der Waals surface area contributed by atoms with Crippen molar-refractivity contribution in [3.05, 3.63) is 53.3 Å². The van der Waals surface area contributed by atoms with Crippen molar-refractivity contribution in [3.8, 4) is 11.3 Å². The summed E-state index contributed by atoms with van der Waals surface area (Å²) < 4.78 is 6.86. The Kier molecular flexibility index (Phi) is 5.53. The van der Waals surface area contributed by atoms with Crippen LogP contribution in [0.4, 0.5) is 0 Å². The SMILES string of the molecule is CCOC(=O)[C@H]1CCCN(C(=O)c2cnn3c(-c4ccc(C)c(C)c4)ccnc23)C1. The van der Waals surface area contributed by atoms with E-state index >= 15 is 0 Å². The van der Waals surface area contributed by atoms with Crippen LogP contribution in [0.15, 0.2) is 36.7 Å². The molecule has 1 aliphatic rings. The summed E-state index contributed by atoms with van der Waals surface area (Å²) in [6.45, 7) is 7.28. The van der Waals surface area contributed by atoms with Crippen LogP contribution in [0.1, 0.15) is 41.3 Å². The third-order valence-electron chi connectivity index (χ3n) is 5.76. The summed E-state index contributed by atoms with van der Waals surface area (Å²) in [6.07, 6.45) is 4.79. The van der Waals surface area contributed by atoms with Crippen molar-refractivity contribution in [2.45, 2.75) is 33.6 Å². The van der Waals surface area contributed by atoms with Crippen molar-refractivity contribution in [2.24, 2.45) is 5.92 Å². The topological polar surface area (TPSA) is 76.8 Å². The van der Waals surface area contributed by atoms with Gasteiger partial charge in [-0.3, -0.25) is 9.59 Å². The first-order valence-corrected chi connectivity index (χ1v) is 10.4. The van der Waals surface area contributed by atoms with Crippen LogP contribution < -0.4 is 0 Å². The van der Waals surface area contributed by atoms with Gasteiger partial charge in [-0.15, -0.1) is 0 Å². The van der Waals surface area contributed by atoms with Crippen molar-refractivity contribution in [1.29, 1.82) is 0 Å². The minimum Gasteiger partial charge on any atom is -0.466 e. The monoisotopic (exact) mass is 406 g/mol. The number of benzene rings is 1. The summed E-state index contributed by atoms with van der Waals surface area (Å²) in [5.41, 5.74) is 5.29. The molecule has 1 saturated heterocycles. The lowest BCUT2D eigenvalue weighted by Gasteiger charge is -2.31. The van der Waals surface area contributed by atoms with Gasteiger partial charge in [-0.05, 0) is 56.9 Å². The Morgan fingerprint density at radius 3 is 2.80 bits per heavy atom. The zero-order valence-electron chi connectivity index (χ0n) is 17.6. The predicted molar refractivity (Wildman–Crippen MR) is 113 cm³/mol. The van der Waals surface area contributed by atoms with Gasteiger partial charge in [0.15, 0.2) is 5.65 Å². The average molecular weight is 406 g/mol. The third-order valence-corrected chi connectivity index (χ3v) is 5.76. The molecule has 0 radical (unpaired) electrons. The summed E-state index contributed by atoms with van der Waals surface area (Å²) in [7, 11) is 0. The van der Waals surface area contributed by atoms with E-state index in [9.17, 15) is 9.59 Å². The zero-order chi connectivity index (χ0) is 21.3. The van der Waals surface area contributed by atoms with Crippen molar-refractivity contribution in [2.75, 3.05) is 19.7 Å². The first-order valence-electron chi connectivity index (χ1n) is 10.4. The number of rotatable bonds is 4. The number of hydrogen-bond donors (Lipinski definition) is 0. The second kappa shape index (κ2) is 8.26. The number of ether oxygens (including phenoxy) is 1. The van der Waals surface area contributed by atoms with Gasteiger partial charge in [0.2, 0.25) is 0 Å². The zero-order valence-corrected chi connectivity index (χ0v) is 17.6. The lowest BCUT2D eigenvalue weighted by Crippen LogP contribution is -2.42. The highest BCUT2D eigenvalue weighted by atomic mass is 16.5. The quantitative estimate of drug-likeness (QED) is 0.621. The number of aromatic nitrogens is 3. The summed E-state index contributed by atoms with van der Waals surface area (Å²) in [5, 5.41) is 4.46. The number of carbonyl (C=O) groups is 2. The molecule has 0 N–H and O–H groups in total. The second-order valence-electron chi connectivity index (χ2n) is 7.77. The number of nitrogens with zero attached hydrogens (tertiary/aromatic N) is 4. The van der Waals surface area contributed by atoms with E-state index in [1.165, 1.54) is 11.1 Å². The number of piperidine rings is 1. The molecule has 7 heteroatoms. The van der Waals surface area contributed by atoms with E-state index in [1.807, 2.05) is 6.07 Å². The van der Waals surface area contributed by atoms with Gasteiger partial charge in [0.25, 0.3) is 5.91 Å². The Balaban J connectivity index is 1.64. The standard InChI is InChI=1S/C23H26N4O3/c1-4-30-23(29)18-6-5-11-26(14-18)22(28)19-13-25-27-20(9-10-24-21(19)27)17-8-7-15(2)16(3)12-17/h7-10,12-13,18H,4-6,11,14H2,1-3H3/t18-/m0/s1. The molecule has 3 aromatic rings. The van der Waals surface area contributed by atoms with Crippen LogP contribution in [-0.2, 0) is 9.53 Å². The van der Waals surface area contributed by atoms with Gasteiger partial charge in [-0.1, -0.05) is 12.1 Å². The lowest BCUT2D eigenvalue weighted by atomic mass is 9.97. The van der Waals surface area contributed by atoms with E-state index in [4.69, 9.17) is 4.74 Å². The molecule has 0 unspecified atom stereocenters. The van der Waals surface area contributed by atoms with Crippen LogP contribution in [0, 0.1) is 19.8 Å². The van der Waals surface area contributed by atoms with Gasteiger partial charge in [-0.2, -0.15) is 5.10 Å². The van der Waals surface area contributed by atoms with Crippen molar-refractivity contribution < 1.29 is 14.3 Å². The normalized spacial score (nSPS) is 16.6. The Bertz CT molecular complexity index is 1110. The second-order valence-corrected chi connectivity index (χ2v) is 7.77. The molecule has 1 aromatic carbocycles. The Hall–Kier alpha value is -3.22. The Labute approximate surface area is 175 Å². The van der Waals surface area contributed by atoms with Crippen LogP contribution in [0.25, 0.3) is 16.9 Å². The fourth-order valence-electron chi connectivity index (χ4n) is 3.95. The molecule has 0 spiro atoms. The molecule has 156 valence electrons. The van der Waals surface area contributed by atoms with Gasteiger partial charge in [0.1, 0.15) is 5.56 Å². The van der Waals surface area contributed by atoms with Crippen molar-refractivity contribution >= 4 is 17.5 Å². The molecule has 1 amide bonds. The lowest BCUT2D eigenvalue weighted by molar-refractivity contribution is -0.149. The maximum atomic E-state index is 13.2. The molecule has 1 aliphatic heterocycles. The van der Waals surface area contributed by atoms with E-state index in [0.717, 1.165) is 24.1 Å². The number of fused-ring (bicyclic) bond motifs is 1. The highest BCUT2D eigenvalue weighted by molar-refractivity contribution is 6.00. The summed E-state index contributed by atoms with van der Waals surface area (Å²) >= 11 is 0.